The van der Waals surface area contributed by atoms with E-state index in [-0.39, 0.29) is 25.1 Å². The summed E-state index contributed by atoms with van der Waals surface area (Å²) in [6.07, 6.45) is 0. The summed E-state index contributed by atoms with van der Waals surface area (Å²) < 4.78 is 135. The zero-order valence-corrected chi connectivity index (χ0v) is 39.1. The second kappa shape index (κ2) is 20.5. The van der Waals surface area contributed by atoms with E-state index in [9.17, 15) is 29.8 Å². The van der Waals surface area contributed by atoms with E-state index in [0.29, 0.717) is 34.5 Å². The minimum Gasteiger partial charge on any atom is -0.497 e. The van der Waals surface area contributed by atoms with Crippen LogP contribution in [0.5, 0.6) is 40.2 Å². The molecule has 0 unspecified atom stereocenters. The fourth-order valence-electron chi connectivity index (χ4n) is 6.70. The van der Waals surface area contributed by atoms with Gasteiger partial charge in [-0.2, -0.15) is 8.42 Å². The van der Waals surface area contributed by atoms with Crippen LogP contribution in [0.15, 0.2) is 213 Å². The third-order valence-corrected chi connectivity index (χ3v) is 14.7. The first-order valence-electron chi connectivity index (χ1n) is 20.0. The van der Waals surface area contributed by atoms with Gasteiger partial charge in [-0.25, -0.2) is 16.8 Å². The molecule has 0 saturated heterocycles. The molecule has 68 heavy (non-hydrogen) atoms. The zero-order chi connectivity index (χ0) is 48.6. The van der Waals surface area contributed by atoms with Crippen molar-refractivity contribution in [2.75, 3.05) is 7.11 Å². The van der Waals surface area contributed by atoms with Crippen LogP contribution in [-0.4, -0.2) is 49.5 Å². The van der Waals surface area contributed by atoms with Crippen molar-refractivity contribution in [3.63, 3.8) is 0 Å². The van der Waals surface area contributed by atoms with Crippen LogP contribution in [-0.2, 0) is 40.4 Å². The van der Waals surface area contributed by atoms with E-state index in [1.807, 2.05) is 72.8 Å². The summed E-state index contributed by atoms with van der Waals surface area (Å²) in [5.41, 5.74) is 4.08. The molecule has 0 atom stereocenters. The van der Waals surface area contributed by atoms with Gasteiger partial charge in [0.15, 0.2) is 0 Å². The fraction of sp³-hybridized carbons (Fsp3) is 0.0400. The minimum absolute atomic E-state index is 0.0766. The third kappa shape index (κ3) is 11.9. The van der Waals surface area contributed by atoms with Crippen molar-refractivity contribution in [1.82, 2.24) is 0 Å². The highest BCUT2D eigenvalue weighted by Gasteiger charge is 2.23. The summed E-state index contributed by atoms with van der Waals surface area (Å²) in [4.78, 5) is -0.577. The number of aryl methyl sites for hydroxylation is 1. The SMILES string of the molecule is COc1ccc(-c2ccc(Oc3ccc(S(=O)(=O)c4ccc(Oc5ccc(-c6ccc(Oc7ccc(S(=O)(=O)c8ccc(C)c(S(=O)(=O)O)c8)cc7)cc6)cc5)cc4)cc3)cc2)cc1.O=S(=O)=O. The molecular weight excluding hydrogens is 953 g/mol. The molecule has 0 spiro atoms. The number of rotatable bonds is 14. The van der Waals surface area contributed by atoms with Crippen molar-refractivity contribution in [2.24, 2.45) is 0 Å². The van der Waals surface area contributed by atoms with E-state index >= 15 is 0 Å². The standard InChI is InChI=1S/C50H38O11S3.O3S/c1-34-3-26-49(33-50(34)64(55,56)57)63(53,54)48-31-24-45(25-32-48)61-42-18-10-38(11-19-42)37-8-16-41(17-9-37)60-44-22-29-47(30-23-44)62(51,52)46-27-20-43(21-28-46)59-40-14-6-36(7-15-40)35-4-12-39(58-2)13-5-35;1-4(2)3/h3-33H,1-2H3,(H,55,56,57);. The van der Waals surface area contributed by atoms with E-state index in [1.54, 1.807) is 55.6 Å². The van der Waals surface area contributed by atoms with E-state index < -0.39 is 45.3 Å². The maximum Gasteiger partial charge on any atom is 0.425 e. The highest BCUT2D eigenvalue weighted by molar-refractivity contribution is 7.92. The minimum atomic E-state index is -4.61. The van der Waals surface area contributed by atoms with E-state index in [4.69, 9.17) is 31.6 Å². The van der Waals surface area contributed by atoms with Gasteiger partial charge >= 0.3 is 10.6 Å². The molecule has 0 fully saturated rings. The Kier molecular flexibility index (Phi) is 14.6. The quantitative estimate of drug-likeness (QED) is 0.100. The normalized spacial score (nSPS) is 11.4. The van der Waals surface area contributed by atoms with Gasteiger partial charge in [0.25, 0.3) is 10.1 Å². The van der Waals surface area contributed by atoms with E-state index in [1.165, 1.54) is 67.6 Å². The van der Waals surface area contributed by atoms with Crippen LogP contribution in [0.1, 0.15) is 5.56 Å². The lowest BCUT2D eigenvalue weighted by atomic mass is 10.1. The molecule has 0 aliphatic rings. The lowest BCUT2D eigenvalue weighted by Crippen LogP contribution is -2.06. The van der Waals surface area contributed by atoms with Gasteiger partial charge in [0, 0.05) is 0 Å². The maximum absolute atomic E-state index is 13.5. The molecule has 0 bridgehead atoms. The van der Waals surface area contributed by atoms with Gasteiger partial charge in [-0.1, -0.05) is 54.6 Å². The van der Waals surface area contributed by atoms with E-state index in [2.05, 4.69) is 0 Å². The predicted octanol–water partition coefficient (Wildman–Crippen LogP) is 10.6. The van der Waals surface area contributed by atoms with Crippen LogP contribution >= 0.6 is 0 Å². The van der Waals surface area contributed by atoms with Crippen molar-refractivity contribution in [1.29, 1.82) is 0 Å². The van der Waals surface area contributed by atoms with Crippen LogP contribution in [0, 0.1) is 6.92 Å². The first-order chi connectivity index (χ1) is 32.4. The molecule has 8 rings (SSSR count). The highest BCUT2D eigenvalue weighted by Crippen LogP contribution is 2.33. The maximum atomic E-state index is 13.5. The van der Waals surface area contributed by atoms with Crippen LogP contribution in [0.25, 0.3) is 22.3 Å². The molecular formula is C50H38O14S4. The summed E-state index contributed by atoms with van der Waals surface area (Å²) in [7, 11) is -14.0. The molecule has 18 heteroatoms. The van der Waals surface area contributed by atoms with Gasteiger partial charge < -0.3 is 18.9 Å². The molecule has 0 saturated carbocycles. The first kappa shape index (κ1) is 48.3. The van der Waals surface area contributed by atoms with Crippen LogP contribution in [0.4, 0.5) is 0 Å². The molecule has 0 aliphatic carbocycles. The van der Waals surface area contributed by atoms with Crippen molar-refractivity contribution in [3.05, 3.63) is 194 Å². The molecule has 1 N–H and O–H groups in total. The predicted molar refractivity (Wildman–Crippen MR) is 251 cm³/mol. The van der Waals surface area contributed by atoms with Gasteiger partial charge in [-0.05, 0) is 168 Å². The van der Waals surface area contributed by atoms with Gasteiger partial charge in [0.2, 0.25) is 19.7 Å². The second-order valence-electron chi connectivity index (χ2n) is 14.6. The number of hydrogen-bond acceptors (Lipinski definition) is 13. The van der Waals surface area contributed by atoms with Crippen LogP contribution in [0.3, 0.4) is 0 Å². The van der Waals surface area contributed by atoms with E-state index in [0.717, 1.165) is 34.1 Å². The second-order valence-corrected chi connectivity index (χ2v) is 20.3. The molecule has 0 heterocycles. The number of methoxy groups -OCH3 is 1. The number of benzene rings is 8. The zero-order valence-electron chi connectivity index (χ0n) is 35.8. The Morgan fingerprint density at radius 1 is 0.368 bits per heavy atom. The average Bonchev–Trinajstić information content (AvgIpc) is 3.32. The largest absolute Gasteiger partial charge is 0.497 e. The fourth-order valence-corrected chi connectivity index (χ4v) is 10.1. The number of hydrogen-bond donors (Lipinski definition) is 1. The Morgan fingerprint density at radius 2 is 0.603 bits per heavy atom. The molecule has 0 radical (unpaired) electrons. The summed E-state index contributed by atoms with van der Waals surface area (Å²) in [6, 6.07) is 51.8. The summed E-state index contributed by atoms with van der Waals surface area (Å²) in [6.45, 7) is 1.46. The lowest BCUT2D eigenvalue weighted by Gasteiger charge is -2.11. The molecule has 0 aromatic heterocycles. The Bertz CT molecular complexity index is 3510. The van der Waals surface area contributed by atoms with Crippen molar-refractivity contribution >= 4 is 40.4 Å². The Hall–Kier alpha value is -7.61. The Labute approximate surface area is 394 Å². The molecule has 346 valence electrons. The average molecular weight is 991 g/mol. The van der Waals surface area contributed by atoms with Gasteiger partial charge in [-0.15, -0.1) is 12.6 Å². The topological polar surface area (TPSA) is 211 Å². The lowest BCUT2D eigenvalue weighted by molar-refractivity contribution is 0.415. The Balaban J connectivity index is 0.00000165. The number of ether oxygens (including phenoxy) is 4. The van der Waals surface area contributed by atoms with Gasteiger partial charge in [0.1, 0.15) is 40.2 Å². The summed E-state index contributed by atoms with van der Waals surface area (Å²) in [5, 5.41) is 0. The third-order valence-electron chi connectivity index (χ3n) is 10.2. The van der Waals surface area contributed by atoms with Crippen LogP contribution in [0.2, 0.25) is 0 Å². The van der Waals surface area contributed by atoms with Gasteiger partial charge in [0.05, 0.1) is 31.6 Å². The van der Waals surface area contributed by atoms with Crippen molar-refractivity contribution in [2.45, 2.75) is 31.4 Å². The van der Waals surface area contributed by atoms with Crippen LogP contribution < -0.4 is 18.9 Å². The molecule has 8 aromatic carbocycles. The molecule has 0 amide bonds. The molecule has 0 aliphatic heterocycles. The Morgan fingerprint density at radius 3 is 0.868 bits per heavy atom. The smallest absolute Gasteiger partial charge is 0.425 e. The monoisotopic (exact) mass is 990 g/mol. The van der Waals surface area contributed by atoms with Crippen molar-refractivity contribution in [3.8, 4) is 62.5 Å². The number of sulfone groups is 2. The van der Waals surface area contributed by atoms with Crippen molar-refractivity contribution < 1.29 is 61.4 Å². The molecule has 8 aromatic rings. The summed E-state index contributed by atoms with van der Waals surface area (Å²) >= 11 is 0. The highest BCUT2D eigenvalue weighted by atomic mass is 32.2. The van der Waals surface area contributed by atoms with Gasteiger partial charge in [-0.3, -0.25) is 4.55 Å². The first-order valence-corrected chi connectivity index (χ1v) is 25.4. The molecule has 14 nitrogen and oxygen atoms in total. The summed E-state index contributed by atoms with van der Waals surface area (Å²) in [5.74, 6) is 3.80.